The summed E-state index contributed by atoms with van der Waals surface area (Å²) in [6, 6.07) is 0. The van der Waals surface area contributed by atoms with E-state index in [4.69, 9.17) is 10.5 Å². The average Bonchev–Trinajstić information content (AvgIpc) is 2.93. The van der Waals surface area contributed by atoms with Crippen molar-refractivity contribution < 1.29 is 14.3 Å². The normalized spacial score (nSPS) is 15.8. The van der Waals surface area contributed by atoms with Crippen LogP contribution < -0.4 is 21.3 Å². The zero-order valence-electron chi connectivity index (χ0n) is 15.2. The molecule has 0 unspecified atom stereocenters. The van der Waals surface area contributed by atoms with Gasteiger partial charge in [0.1, 0.15) is 16.3 Å². The second-order valence-electron chi connectivity index (χ2n) is 7.10. The molecule has 2 rings (SSSR count). The van der Waals surface area contributed by atoms with Gasteiger partial charge in [0.05, 0.1) is 0 Å². The van der Waals surface area contributed by atoms with Crippen LogP contribution in [0.2, 0.25) is 0 Å². The highest BCUT2D eigenvalue weighted by Crippen LogP contribution is 2.31. The van der Waals surface area contributed by atoms with Crippen molar-refractivity contribution in [2.45, 2.75) is 39.2 Å². The second kappa shape index (κ2) is 7.90. The van der Waals surface area contributed by atoms with Crippen LogP contribution in [0.4, 0.5) is 15.7 Å². The summed E-state index contributed by atoms with van der Waals surface area (Å²) in [4.78, 5) is 30.4. The zero-order valence-corrected chi connectivity index (χ0v) is 16.0. The number of carbonyl (C=O) groups is 2. The smallest absolute Gasteiger partial charge is 0.407 e. The van der Waals surface area contributed by atoms with Gasteiger partial charge >= 0.3 is 6.09 Å². The van der Waals surface area contributed by atoms with E-state index in [-0.39, 0.29) is 17.8 Å². The van der Waals surface area contributed by atoms with Crippen molar-refractivity contribution in [1.29, 1.82) is 0 Å². The van der Waals surface area contributed by atoms with Crippen molar-refractivity contribution in [1.82, 2.24) is 15.6 Å². The van der Waals surface area contributed by atoms with Gasteiger partial charge in [-0.3, -0.25) is 4.79 Å². The van der Waals surface area contributed by atoms with E-state index in [9.17, 15) is 9.59 Å². The van der Waals surface area contributed by atoms with Crippen molar-refractivity contribution in [3.63, 3.8) is 0 Å². The standard InChI is InChI=1S/C16H27N5O3S/c1-16(2,3)24-15(23)19-9-10-5-7-21(8-6-10)14-20-12(17)11(25-14)13(22)18-4/h10H,5-9,17H2,1-4H3,(H,18,22)(H,19,23). The number of carbonyl (C=O) groups excluding carboxylic acids is 2. The van der Waals surface area contributed by atoms with Crippen LogP contribution in [0.5, 0.6) is 0 Å². The van der Waals surface area contributed by atoms with Crippen LogP contribution in [0.15, 0.2) is 0 Å². The van der Waals surface area contributed by atoms with Crippen LogP contribution in [-0.4, -0.2) is 49.3 Å². The Balaban J connectivity index is 1.82. The van der Waals surface area contributed by atoms with Crippen molar-refractivity contribution in [3.05, 3.63) is 4.88 Å². The van der Waals surface area contributed by atoms with Crippen LogP contribution in [0.1, 0.15) is 43.3 Å². The monoisotopic (exact) mass is 369 g/mol. The molecule has 0 bridgehead atoms. The molecule has 140 valence electrons. The number of amides is 2. The molecular formula is C16H27N5O3S. The summed E-state index contributed by atoms with van der Waals surface area (Å²) >= 11 is 1.31. The first-order chi connectivity index (χ1) is 11.7. The van der Waals surface area contributed by atoms with Gasteiger partial charge in [-0.15, -0.1) is 0 Å². The van der Waals surface area contributed by atoms with Crippen molar-refractivity contribution in [3.8, 4) is 0 Å². The topological polar surface area (TPSA) is 110 Å². The maximum atomic E-state index is 11.7. The number of hydrogen-bond donors (Lipinski definition) is 3. The van der Waals surface area contributed by atoms with Crippen molar-refractivity contribution in [2.24, 2.45) is 5.92 Å². The molecule has 2 amide bonds. The molecule has 1 fully saturated rings. The van der Waals surface area contributed by atoms with E-state index in [0.29, 0.717) is 17.3 Å². The number of nitrogens with one attached hydrogen (secondary N) is 2. The predicted molar refractivity (Wildman–Crippen MR) is 99.1 cm³/mol. The fourth-order valence-corrected chi connectivity index (χ4v) is 3.59. The van der Waals surface area contributed by atoms with Gasteiger partial charge in [0.25, 0.3) is 5.91 Å². The highest BCUT2D eigenvalue weighted by atomic mass is 32.1. The summed E-state index contributed by atoms with van der Waals surface area (Å²) in [6.45, 7) is 7.78. The van der Waals surface area contributed by atoms with E-state index in [2.05, 4.69) is 20.5 Å². The molecule has 1 saturated heterocycles. The number of nitrogens with two attached hydrogens (primary N) is 1. The van der Waals surface area contributed by atoms with Crippen LogP contribution in [0, 0.1) is 5.92 Å². The Morgan fingerprint density at radius 1 is 1.36 bits per heavy atom. The largest absolute Gasteiger partial charge is 0.444 e. The maximum Gasteiger partial charge on any atom is 0.407 e. The molecule has 0 aromatic carbocycles. The van der Waals surface area contributed by atoms with Gasteiger partial charge in [-0.2, -0.15) is 0 Å². The summed E-state index contributed by atoms with van der Waals surface area (Å²) in [5, 5.41) is 6.18. The third kappa shape index (κ3) is 5.48. The predicted octanol–water partition coefficient (Wildman–Crippen LogP) is 1.83. The molecule has 1 aliphatic rings. The first-order valence-electron chi connectivity index (χ1n) is 8.39. The van der Waals surface area contributed by atoms with E-state index in [1.165, 1.54) is 11.3 Å². The van der Waals surface area contributed by atoms with Gasteiger partial charge in [-0.1, -0.05) is 11.3 Å². The average molecular weight is 369 g/mol. The molecule has 1 aliphatic heterocycles. The number of nitrogens with zero attached hydrogens (tertiary/aromatic N) is 2. The summed E-state index contributed by atoms with van der Waals surface area (Å²) < 4.78 is 5.25. The lowest BCUT2D eigenvalue weighted by Gasteiger charge is -2.32. The lowest BCUT2D eigenvalue weighted by molar-refractivity contribution is 0.0516. The highest BCUT2D eigenvalue weighted by Gasteiger charge is 2.25. The molecule has 0 atom stereocenters. The Hall–Kier alpha value is -2.03. The molecule has 9 heteroatoms. The molecule has 25 heavy (non-hydrogen) atoms. The number of anilines is 2. The van der Waals surface area contributed by atoms with E-state index in [1.807, 2.05) is 20.8 Å². The summed E-state index contributed by atoms with van der Waals surface area (Å²) in [5.41, 5.74) is 5.35. The van der Waals surface area contributed by atoms with Crippen LogP contribution in [0.3, 0.4) is 0 Å². The minimum Gasteiger partial charge on any atom is -0.444 e. The zero-order chi connectivity index (χ0) is 18.6. The molecule has 4 N–H and O–H groups in total. The Morgan fingerprint density at radius 3 is 2.56 bits per heavy atom. The van der Waals surface area contributed by atoms with Gasteiger partial charge in [0.15, 0.2) is 5.13 Å². The maximum absolute atomic E-state index is 11.7. The third-order valence-electron chi connectivity index (χ3n) is 3.89. The van der Waals surface area contributed by atoms with Gasteiger partial charge < -0.3 is 26.0 Å². The number of ether oxygens (including phenoxy) is 1. The molecule has 2 heterocycles. The molecular weight excluding hydrogens is 342 g/mol. The molecule has 0 spiro atoms. The summed E-state index contributed by atoms with van der Waals surface area (Å²) in [6.07, 6.45) is 1.49. The fraction of sp³-hybridized carbons (Fsp3) is 0.688. The number of rotatable bonds is 4. The minimum absolute atomic E-state index is 0.210. The molecule has 1 aromatic rings. The third-order valence-corrected chi connectivity index (χ3v) is 5.03. The quantitative estimate of drug-likeness (QED) is 0.747. The highest BCUT2D eigenvalue weighted by molar-refractivity contribution is 7.18. The van der Waals surface area contributed by atoms with Crippen LogP contribution >= 0.6 is 11.3 Å². The van der Waals surface area contributed by atoms with Crippen molar-refractivity contribution >= 4 is 34.3 Å². The number of hydrogen-bond acceptors (Lipinski definition) is 7. The van der Waals surface area contributed by atoms with E-state index < -0.39 is 5.60 Å². The fourth-order valence-electron chi connectivity index (χ4n) is 2.60. The molecule has 0 aliphatic carbocycles. The first kappa shape index (κ1) is 19.3. The number of thiazole rings is 1. The Morgan fingerprint density at radius 2 is 2.00 bits per heavy atom. The lowest BCUT2D eigenvalue weighted by atomic mass is 9.97. The van der Waals surface area contributed by atoms with Crippen molar-refractivity contribution in [2.75, 3.05) is 37.3 Å². The first-order valence-corrected chi connectivity index (χ1v) is 9.21. The van der Waals surface area contributed by atoms with E-state index >= 15 is 0 Å². The van der Waals surface area contributed by atoms with Gasteiger partial charge in [0, 0.05) is 26.7 Å². The SMILES string of the molecule is CNC(=O)c1sc(N2CCC(CNC(=O)OC(C)(C)C)CC2)nc1N. The Bertz CT molecular complexity index is 618. The van der Waals surface area contributed by atoms with Gasteiger partial charge in [-0.25, -0.2) is 9.78 Å². The molecule has 1 aromatic heterocycles. The molecule has 0 radical (unpaired) electrons. The number of piperidine rings is 1. The molecule has 0 saturated carbocycles. The number of aromatic nitrogens is 1. The van der Waals surface area contributed by atoms with Gasteiger partial charge in [0.2, 0.25) is 0 Å². The lowest BCUT2D eigenvalue weighted by Crippen LogP contribution is -2.40. The van der Waals surface area contributed by atoms with Gasteiger partial charge in [-0.05, 0) is 39.5 Å². The minimum atomic E-state index is -0.485. The van der Waals surface area contributed by atoms with Crippen LogP contribution in [0.25, 0.3) is 0 Å². The summed E-state index contributed by atoms with van der Waals surface area (Å²) in [7, 11) is 1.57. The van der Waals surface area contributed by atoms with E-state index in [0.717, 1.165) is 31.1 Å². The second-order valence-corrected chi connectivity index (χ2v) is 8.08. The van der Waals surface area contributed by atoms with E-state index in [1.54, 1.807) is 7.05 Å². The Kier molecular flexibility index (Phi) is 6.10. The summed E-state index contributed by atoms with van der Waals surface area (Å²) in [5.74, 6) is 0.463. The molecule has 8 nitrogen and oxygen atoms in total. The number of alkyl carbamates (subject to hydrolysis) is 1. The Labute approximate surface area is 152 Å². The van der Waals surface area contributed by atoms with Crippen LogP contribution in [-0.2, 0) is 4.74 Å². The number of nitrogen functional groups attached to an aromatic ring is 1.